The van der Waals surface area contributed by atoms with E-state index in [0.717, 1.165) is 5.56 Å². The molecule has 0 radical (unpaired) electrons. The molecule has 1 N–H and O–H groups in total. The highest BCUT2D eigenvalue weighted by Crippen LogP contribution is 2.14. The SMILES string of the molecule is CSC(=S)/C=C(\O)c1ccc(C)cc1. The second-order valence-electron chi connectivity index (χ2n) is 2.92. The number of hydrogen-bond donors (Lipinski definition) is 1. The Morgan fingerprint density at radius 1 is 1.36 bits per heavy atom. The van der Waals surface area contributed by atoms with Gasteiger partial charge in [-0.25, -0.2) is 0 Å². The lowest BCUT2D eigenvalue weighted by Crippen LogP contribution is -1.87. The molecule has 14 heavy (non-hydrogen) atoms. The third kappa shape index (κ3) is 3.16. The number of aliphatic hydroxyl groups excluding tert-OH is 1. The van der Waals surface area contributed by atoms with Crippen LogP contribution in [0, 0.1) is 6.92 Å². The van der Waals surface area contributed by atoms with Gasteiger partial charge in [-0.15, -0.1) is 11.8 Å². The summed E-state index contributed by atoms with van der Waals surface area (Å²) in [6.07, 6.45) is 3.49. The van der Waals surface area contributed by atoms with Crippen molar-refractivity contribution in [3.8, 4) is 0 Å². The molecular formula is C11H12OS2. The van der Waals surface area contributed by atoms with Gasteiger partial charge in [-0.3, -0.25) is 0 Å². The quantitative estimate of drug-likeness (QED) is 0.471. The fourth-order valence-electron chi connectivity index (χ4n) is 0.978. The molecular weight excluding hydrogens is 212 g/mol. The van der Waals surface area contributed by atoms with Crippen LogP contribution in [0.1, 0.15) is 11.1 Å². The second kappa shape index (κ2) is 5.17. The van der Waals surface area contributed by atoms with Gasteiger partial charge in [0, 0.05) is 11.6 Å². The van der Waals surface area contributed by atoms with Crippen molar-refractivity contribution in [2.24, 2.45) is 0 Å². The van der Waals surface area contributed by atoms with E-state index in [1.807, 2.05) is 37.4 Å². The third-order valence-corrected chi connectivity index (χ3v) is 2.94. The van der Waals surface area contributed by atoms with Crippen molar-refractivity contribution < 1.29 is 5.11 Å². The number of thiocarbonyl (C=S) groups is 1. The summed E-state index contributed by atoms with van der Waals surface area (Å²) in [5.74, 6) is 0.226. The van der Waals surface area contributed by atoms with Gasteiger partial charge in [0.1, 0.15) is 5.76 Å². The molecule has 0 amide bonds. The molecule has 0 fully saturated rings. The first-order valence-corrected chi connectivity index (χ1v) is 5.82. The fourth-order valence-corrected chi connectivity index (χ4v) is 1.32. The van der Waals surface area contributed by atoms with Gasteiger partial charge in [0.15, 0.2) is 0 Å². The Hall–Kier alpha value is -0.800. The smallest absolute Gasteiger partial charge is 0.124 e. The molecule has 1 aromatic rings. The lowest BCUT2D eigenvalue weighted by molar-refractivity contribution is 0.512. The highest BCUT2D eigenvalue weighted by Gasteiger charge is 1.99. The minimum Gasteiger partial charge on any atom is -0.507 e. The molecule has 0 saturated carbocycles. The highest BCUT2D eigenvalue weighted by molar-refractivity contribution is 8.23. The molecule has 0 heterocycles. The molecule has 0 saturated heterocycles. The van der Waals surface area contributed by atoms with Crippen LogP contribution in [0.15, 0.2) is 30.3 Å². The molecule has 3 heteroatoms. The number of aliphatic hydroxyl groups is 1. The predicted molar refractivity (Wildman–Crippen MR) is 67.9 cm³/mol. The van der Waals surface area contributed by atoms with Crippen molar-refractivity contribution in [1.29, 1.82) is 0 Å². The van der Waals surface area contributed by atoms with Crippen molar-refractivity contribution in [3.05, 3.63) is 41.5 Å². The molecule has 1 aromatic carbocycles. The average Bonchev–Trinajstić information content (AvgIpc) is 2.18. The van der Waals surface area contributed by atoms with E-state index in [1.54, 1.807) is 6.08 Å². The first-order chi connectivity index (χ1) is 6.63. The van der Waals surface area contributed by atoms with E-state index in [9.17, 15) is 5.11 Å². The number of thioether (sulfide) groups is 1. The van der Waals surface area contributed by atoms with Crippen LogP contribution >= 0.6 is 24.0 Å². The van der Waals surface area contributed by atoms with Crippen LogP contribution in [0.2, 0.25) is 0 Å². The van der Waals surface area contributed by atoms with Gasteiger partial charge >= 0.3 is 0 Å². The number of benzene rings is 1. The topological polar surface area (TPSA) is 20.2 Å². The van der Waals surface area contributed by atoms with Crippen LogP contribution < -0.4 is 0 Å². The Bertz CT molecular complexity index is 352. The summed E-state index contributed by atoms with van der Waals surface area (Å²) in [6.45, 7) is 2.01. The van der Waals surface area contributed by atoms with Crippen LogP contribution in [0.3, 0.4) is 0 Å². The molecule has 0 aliphatic rings. The molecule has 0 aromatic heterocycles. The highest BCUT2D eigenvalue weighted by atomic mass is 32.2. The standard InChI is InChI=1S/C11H12OS2/c1-8-3-5-9(6-4-8)10(12)7-11(13)14-2/h3-7,12H,1-2H3/b10-7-. The van der Waals surface area contributed by atoms with Crippen molar-refractivity contribution >= 4 is 33.9 Å². The zero-order chi connectivity index (χ0) is 10.6. The zero-order valence-electron chi connectivity index (χ0n) is 8.15. The average molecular weight is 224 g/mol. The van der Waals surface area contributed by atoms with E-state index >= 15 is 0 Å². The lowest BCUT2D eigenvalue weighted by Gasteiger charge is -2.00. The maximum atomic E-state index is 9.67. The molecule has 0 aliphatic heterocycles. The van der Waals surface area contributed by atoms with Gasteiger partial charge in [0.05, 0.1) is 4.20 Å². The summed E-state index contributed by atoms with van der Waals surface area (Å²) in [6, 6.07) is 7.68. The summed E-state index contributed by atoms with van der Waals surface area (Å²) < 4.78 is 0.683. The number of aryl methyl sites for hydroxylation is 1. The molecule has 0 spiro atoms. The van der Waals surface area contributed by atoms with Crippen molar-refractivity contribution in [2.45, 2.75) is 6.92 Å². The first-order valence-electron chi connectivity index (χ1n) is 4.19. The molecule has 0 atom stereocenters. The van der Waals surface area contributed by atoms with Gasteiger partial charge in [-0.2, -0.15) is 0 Å². The predicted octanol–water partition coefficient (Wildman–Crippen LogP) is 3.58. The second-order valence-corrected chi connectivity index (χ2v) is 4.47. The van der Waals surface area contributed by atoms with E-state index in [0.29, 0.717) is 4.20 Å². The monoisotopic (exact) mass is 224 g/mol. The van der Waals surface area contributed by atoms with Crippen molar-refractivity contribution in [1.82, 2.24) is 0 Å². The van der Waals surface area contributed by atoms with Crippen molar-refractivity contribution in [3.63, 3.8) is 0 Å². The van der Waals surface area contributed by atoms with Crippen LogP contribution in [-0.2, 0) is 0 Å². The summed E-state index contributed by atoms with van der Waals surface area (Å²) in [4.78, 5) is 0. The fraction of sp³-hybridized carbons (Fsp3) is 0.182. The van der Waals surface area contributed by atoms with E-state index in [4.69, 9.17) is 12.2 Å². The minimum absolute atomic E-state index is 0.226. The molecule has 0 aliphatic carbocycles. The van der Waals surface area contributed by atoms with Crippen LogP contribution in [0.25, 0.3) is 5.76 Å². The maximum absolute atomic E-state index is 9.67. The molecule has 74 valence electrons. The molecule has 0 bridgehead atoms. The Balaban J connectivity index is 2.89. The van der Waals surface area contributed by atoms with E-state index in [-0.39, 0.29) is 5.76 Å². The Morgan fingerprint density at radius 2 is 1.93 bits per heavy atom. The van der Waals surface area contributed by atoms with Gasteiger partial charge in [0.2, 0.25) is 0 Å². The Morgan fingerprint density at radius 3 is 2.43 bits per heavy atom. The summed E-state index contributed by atoms with van der Waals surface area (Å²) in [7, 11) is 0. The van der Waals surface area contributed by atoms with Gasteiger partial charge in [0.25, 0.3) is 0 Å². The van der Waals surface area contributed by atoms with E-state index in [2.05, 4.69) is 0 Å². The largest absolute Gasteiger partial charge is 0.507 e. The third-order valence-electron chi connectivity index (χ3n) is 1.80. The van der Waals surface area contributed by atoms with Gasteiger partial charge < -0.3 is 5.11 Å². The summed E-state index contributed by atoms with van der Waals surface area (Å²) in [5, 5.41) is 9.67. The van der Waals surface area contributed by atoms with Crippen LogP contribution in [0.5, 0.6) is 0 Å². The lowest BCUT2D eigenvalue weighted by atomic mass is 10.1. The van der Waals surface area contributed by atoms with Crippen LogP contribution in [0.4, 0.5) is 0 Å². The summed E-state index contributed by atoms with van der Waals surface area (Å²) in [5.41, 5.74) is 1.97. The zero-order valence-corrected chi connectivity index (χ0v) is 9.78. The van der Waals surface area contributed by atoms with E-state index in [1.165, 1.54) is 17.3 Å². The minimum atomic E-state index is 0.226. The Labute approximate surface area is 93.8 Å². The summed E-state index contributed by atoms with van der Waals surface area (Å²) >= 11 is 6.43. The van der Waals surface area contributed by atoms with Gasteiger partial charge in [-0.1, -0.05) is 42.0 Å². The van der Waals surface area contributed by atoms with Gasteiger partial charge in [-0.05, 0) is 13.2 Å². The molecule has 1 nitrogen and oxygen atoms in total. The normalized spacial score (nSPS) is 11.4. The molecule has 1 rings (SSSR count). The van der Waals surface area contributed by atoms with Crippen molar-refractivity contribution in [2.75, 3.05) is 6.26 Å². The Kier molecular flexibility index (Phi) is 4.17. The molecule has 0 unspecified atom stereocenters. The maximum Gasteiger partial charge on any atom is 0.124 e. The van der Waals surface area contributed by atoms with E-state index < -0.39 is 0 Å². The first kappa shape index (κ1) is 11.3. The number of hydrogen-bond acceptors (Lipinski definition) is 3. The number of rotatable bonds is 2. The van der Waals surface area contributed by atoms with Crippen LogP contribution in [-0.4, -0.2) is 15.6 Å².